The first kappa shape index (κ1) is 23.5. The number of benzene rings is 1. The Morgan fingerprint density at radius 3 is 2.57 bits per heavy atom. The summed E-state index contributed by atoms with van der Waals surface area (Å²) < 4.78 is 5.68. The average molecular weight is 477 g/mol. The maximum Gasteiger partial charge on any atom is 0.255 e. The molecule has 1 N–H and O–H groups in total. The number of likely N-dealkylation sites (tertiary alicyclic amines) is 1. The van der Waals surface area contributed by atoms with Gasteiger partial charge >= 0.3 is 0 Å². The molecule has 0 radical (unpaired) electrons. The van der Waals surface area contributed by atoms with E-state index in [4.69, 9.17) is 4.74 Å². The van der Waals surface area contributed by atoms with Gasteiger partial charge < -0.3 is 9.64 Å². The van der Waals surface area contributed by atoms with Gasteiger partial charge in [0.05, 0.1) is 18.0 Å². The van der Waals surface area contributed by atoms with Gasteiger partial charge in [-0.05, 0) is 81.4 Å². The van der Waals surface area contributed by atoms with Gasteiger partial charge in [-0.25, -0.2) is 0 Å². The third-order valence-corrected chi connectivity index (χ3v) is 7.16. The Kier molecular flexibility index (Phi) is 6.56. The van der Waals surface area contributed by atoms with Crippen molar-refractivity contribution in [1.29, 1.82) is 0 Å². The Hall–Kier alpha value is -3.26. The smallest absolute Gasteiger partial charge is 0.255 e. The predicted molar refractivity (Wildman–Crippen MR) is 130 cm³/mol. The van der Waals surface area contributed by atoms with Crippen molar-refractivity contribution in [2.45, 2.75) is 70.7 Å². The monoisotopic (exact) mass is 476 g/mol. The van der Waals surface area contributed by atoms with Gasteiger partial charge in [-0.3, -0.25) is 29.6 Å². The van der Waals surface area contributed by atoms with E-state index in [2.05, 4.69) is 27.3 Å². The maximum atomic E-state index is 12.9. The van der Waals surface area contributed by atoms with E-state index in [-0.39, 0.29) is 30.2 Å². The Labute approximate surface area is 205 Å². The Morgan fingerprint density at radius 1 is 1.09 bits per heavy atom. The molecule has 3 aliphatic heterocycles. The number of fused-ring (bicyclic) bond motifs is 1. The third-order valence-electron chi connectivity index (χ3n) is 7.16. The van der Waals surface area contributed by atoms with Gasteiger partial charge in [-0.2, -0.15) is 0 Å². The van der Waals surface area contributed by atoms with E-state index >= 15 is 0 Å². The first-order valence-corrected chi connectivity index (χ1v) is 12.5. The van der Waals surface area contributed by atoms with Gasteiger partial charge in [-0.15, -0.1) is 0 Å². The fraction of sp³-hybridized carbons (Fsp3) is 0.481. The molecule has 2 aromatic rings. The molecule has 8 heteroatoms. The molecule has 2 fully saturated rings. The molecule has 0 spiro atoms. The summed E-state index contributed by atoms with van der Waals surface area (Å²) in [6, 6.07) is 9.58. The van der Waals surface area contributed by atoms with E-state index < -0.39 is 6.04 Å². The molecule has 1 atom stereocenters. The van der Waals surface area contributed by atoms with Crippen LogP contribution >= 0.6 is 0 Å². The van der Waals surface area contributed by atoms with Crippen LogP contribution in [0.4, 0.5) is 0 Å². The Balaban J connectivity index is 1.18. The molecule has 3 aliphatic rings. The number of carbonyl (C=O) groups excluding carboxylic acids is 3. The van der Waals surface area contributed by atoms with Crippen LogP contribution in [0.1, 0.15) is 72.6 Å². The van der Waals surface area contributed by atoms with Crippen molar-refractivity contribution in [2.24, 2.45) is 0 Å². The number of hydrogen-bond acceptors (Lipinski definition) is 6. The molecule has 1 aromatic heterocycles. The number of imide groups is 1. The molecular weight excluding hydrogens is 444 g/mol. The first-order chi connectivity index (χ1) is 16.9. The van der Waals surface area contributed by atoms with E-state index in [0.717, 1.165) is 49.5 Å². The van der Waals surface area contributed by atoms with Crippen LogP contribution in [0, 0.1) is 0 Å². The molecule has 2 saturated heterocycles. The van der Waals surface area contributed by atoms with Crippen LogP contribution < -0.4 is 10.1 Å². The standard InChI is InChI=1S/C27H32N4O4/c1-17(2)35-22-5-4-21(28-14-22)16-30-11-9-18(10-12-30)19-3-6-23-20(13-19)15-31(27(23)34)24-7-8-25(32)29-26(24)33/h3-6,13-14,17-18,24H,7-12,15-16H2,1-2H3,(H,29,32,33). The van der Waals surface area contributed by atoms with Crippen LogP contribution in [0.15, 0.2) is 36.5 Å². The van der Waals surface area contributed by atoms with E-state index in [1.54, 1.807) is 11.1 Å². The molecule has 184 valence electrons. The molecule has 0 aliphatic carbocycles. The highest BCUT2D eigenvalue weighted by Crippen LogP contribution is 2.34. The highest BCUT2D eigenvalue weighted by atomic mass is 16.5. The van der Waals surface area contributed by atoms with Gasteiger partial charge in [0.1, 0.15) is 11.8 Å². The second-order valence-corrected chi connectivity index (χ2v) is 10.0. The van der Waals surface area contributed by atoms with Crippen molar-refractivity contribution in [2.75, 3.05) is 13.1 Å². The van der Waals surface area contributed by atoms with E-state index in [1.165, 1.54) is 5.56 Å². The molecule has 35 heavy (non-hydrogen) atoms. The van der Waals surface area contributed by atoms with Gasteiger partial charge in [0.2, 0.25) is 11.8 Å². The van der Waals surface area contributed by atoms with Gasteiger partial charge in [0.15, 0.2) is 0 Å². The number of nitrogens with zero attached hydrogens (tertiary/aromatic N) is 3. The molecule has 1 unspecified atom stereocenters. The number of rotatable bonds is 6. The van der Waals surface area contributed by atoms with Crippen molar-refractivity contribution in [3.63, 3.8) is 0 Å². The molecule has 5 rings (SSSR count). The summed E-state index contributed by atoms with van der Waals surface area (Å²) >= 11 is 0. The number of ether oxygens (including phenoxy) is 1. The number of carbonyl (C=O) groups is 3. The van der Waals surface area contributed by atoms with Crippen molar-refractivity contribution in [3.8, 4) is 5.75 Å². The quantitative estimate of drug-likeness (QED) is 0.645. The second-order valence-electron chi connectivity index (χ2n) is 10.0. The van der Waals surface area contributed by atoms with Crippen LogP contribution in [0.25, 0.3) is 0 Å². The highest BCUT2D eigenvalue weighted by molar-refractivity contribution is 6.05. The number of aromatic nitrogens is 1. The molecule has 0 saturated carbocycles. The zero-order chi connectivity index (χ0) is 24.5. The topological polar surface area (TPSA) is 91.8 Å². The van der Waals surface area contributed by atoms with E-state index in [9.17, 15) is 14.4 Å². The lowest BCUT2D eigenvalue weighted by Crippen LogP contribution is -2.52. The summed E-state index contributed by atoms with van der Waals surface area (Å²) in [6.45, 7) is 7.25. The number of nitrogens with one attached hydrogen (secondary N) is 1. The highest BCUT2D eigenvalue weighted by Gasteiger charge is 2.39. The number of hydrogen-bond donors (Lipinski definition) is 1. The van der Waals surface area contributed by atoms with Crippen molar-refractivity contribution < 1.29 is 19.1 Å². The maximum absolute atomic E-state index is 12.9. The summed E-state index contributed by atoms with van der Waals surface area (Å²) in [5, 5.41) is 2.36. The minimum atomic E-state index is -0.570. The van der Waals surface area contributed by atoms with Gasteiger partial charge in [-0.1, -0.05) is 12.1 Å². The van der Waals surface area contributed by atoms with Gasteiger partial charge in [0.25, 0.3) is 5.91 Å². The molecule has 4 heterocycles. The van der Waals surface area contributed by atoms with Crippen LogP contribution in [0.5, 0.6) is 5.75 Å². The lowest BCUT2D eigenvalue weighted by molar-refractivity contribution is -0.136. The van der Waals surface area contributed by atoms with Crippen LogP contribution in [0.3, 0.4) is 0 Å². The molecular formula is C27H32N4O4. The molecule has 8 nitrogen and oxygen atoms in total. The van der Waals surface area contributed by atoms with E-state index in [0.29, 0.717) is 24.4 Å². The number of pyridine rings is 1. The lowest BCUT2D eigenvalue weighted by Gasteiger charge is -2.32. The normalized spacial score (nSPS) is 21.4. The summed E-state index contributed by atoms with van der Waals surface area (Å²) in [4.78, 5) is 45.3. The summed E-state index contributed by atoms with van der Waals surface area (Å²) in [5.41, 5.74) is 3.96. The predicted octanol–water partition coefficient (Wildman–Crippen LogP) is 3.01. The Bertz CT molecular complexity index is 1120. The molecule has 3 amide bonds. The number of amides is 3. The zero-order valence-electron chi connectivity index (χ0n) is 20.3. The fourth-order valence-corrected chi connectivity index (χ4v) is 5.35. The summed E-state index contributed by atoms with van der Waals surface area (Å²) in [5.74, 6) is 0.497. The minimum absolute atomic E-state index is 0.117. The van der Waals surface area contributed by atoms with Crippen molar-refractivity contribution in [1.82, 2.24) is 20.1 Å². The largest absolute Gasteiger partial charge is 0.489 e. The zero-order valence-corrected chi connectivity index (χ0v) is 20.3. The molecule has 0 bridgehead atoms. The van der Waals surface area contributed by atoms with Crippen molar-refractivity contribution in [3.05, 3.63) is 58.9 Å². The lowest BCUT2D eigenvalue weighted by atomic mass is 9.88. The SMILES string of the molecule is CC(C)Oc1ccc(CN2CCC(c3ccc4c(c3)CN(C3CCC(=O)NC3=O)C4=O)CC2)nc1. The van der Waals surface area contributed by atoms with Crippen LogP contribution in [-0.4, -0.2) is 57.7 Å². The van der Waals surface area contributed by atoms with E-state index in [1.807, 2.05) is 32.0 Å². The minimum Gasteiger partial charge on any atom is -0.489 e. The first-order valence-electron chi connectivity index (χ1n) is 12.5. The number of piperidine rings is 2. The summed E-state index contributed by atoms with van der Waals surface area (Å²) in [7, 11) is 0. The van der Waals surface area contributed by atoms with Crippen LogP contribution in [0.2, 0.25) is 0 Å². The fourth-order valence-electron chi connectivity index (χ4n) is 5.35. The third kappa shape index (κ3) is 5.07. The summed E-state index contributed by atoms with van der Waals surface area (Å²) in [6.07, 6.45) is 4.70. The second kappa shape index (κ2) is 9.77. The Morgan fingerprint density at radius 2 is 1.89 bits per heavy atom. The van der Waals surface area contributed by atoms with Crippen LogP contribution in [-0.2, 0) is 22.7 Å². The molecule has 1 aromatic carbocycles. The van der Waals surface area contributed by atoms with Gasteiger partial charge in [0, 0.05) is 25.1 Å². The van der Waals surface area contributed by atoms with Crippen molar-refractivity contribution >= 4 is 17.7 Å². The average Bonchev–Trinajstić information content (AvgIpc) is 3.16.